The van der Waals surface area contributed by atoms with Crippen LogP contribution in [0.15, 0.2) is 24.8 Å². The van der Waals surface area contributed by atoms with Gasteiger partial charge in [0, 0.05) is 12.4 Å². The SMILES string of the molecule is O=C(NCCOc1nc(Cl)c(Cl)cc1Cl)n1ccnc1. The van der Waals surface area contributed by atoms with Crippen molar-refractivity contribution in [3.8, 4) is 5.88 Å². The summed E-state index contributed by atoms with van der Waals surface area (Å²) in [5, 5.41) is 3.23. The highest BCUT2D eigenvalue weighted by Gasteiger charge is 2.09. The summed E-state index contributed by atoms with van der Waals surface area (Å²) in [7, 11) is 0. The highest BCUT2D eigenvalue weighted by atomic mass is 35.5. The van der Waals surface area contributed by atoms with Crippen molar-refractivity contribution in [2.45, 2.75) is 0 Å². The van der Waals surface area contributed by atoms with Crippen LogP contribution in [0.3, 0.4) is 0 Å². The Balaban J connectivity index is 1.82. The first kappa shape index (κ1) is 14.9. The minimum Gasteiger partial charge on any atom is -0.475 e. The van der Waals surface area contributed by atoms with Gasteiger partial charge in [-0.05, 0) is 6.07 Å². The number of nitrogens with one attached hydrogen (secondary N) is 1. The third kappa shape index (κ3) is 3.75. The molecule has 0 atom stereocenters. The maximum atomic E-state index is 11.6. The lowest BCUT2D eigenvalue weighted by atomic mass is 10.5. The van der Waals surface area contributed by atoms with Gasteiger partial charge < -0.3 is 10.1 Å². The average Bonchev–Trinajstić information content (AvgIpc) is 2.94. The minimum atomic E-state index is -0.306. The molecule has 2 heterocycles. The molecule has 1 N–H and O–H groups in total. The highest BCUT2D eigenvalue weighted by molar-refractivity contribution is 6.42. The normalized spacial score (nSPS) is 10.3. The highest BCUT2D eigenvalue weighted by Crippen LogP contribution is 2.30. The van der Waals surface area contributed by atoms with Crippen LogP contribution in [0, 0.1) is 0 Å². The third-order valence-corrected chi connectivity index (χ3v) is 3.15. The Kier molecular flexibility index (Phi) is 5.05. The maximum Gasteiger partial charge on any atom is 0.326 e. The van der Waals surface area contributed by atoms with Crippen LogP contribution in [-0.2, 0) is 0 Å². The zero-order valence-electron chi connectivity index (χ0n) is 10.0. The number of halogens is 3. The van der Waals surface area contributed by atoms with Gasteiger partial charge in [0.25, 0.3) is 0 Å². The molecule has 9 heteroatoms. The summed E-state index contributed by atoms with van der Waals surface area (Å²) in [5.41, 5.74) is 0. The van der Waals surface area contributed by atoms with Crippen molar-refractivity contribution in [1.29, 1.82) is 0 Å². The fourth-order valence-corrected chi connectivity index (χ4v) is 1.85. The molecule has 2 aromatic rings. The topological polar surface area (TPSA) is 69.0 Å². The lowest BCUT2D eigenvalue weighted by molar-refractivity contribution is 0.237. The second kappa shape index (κ2) is 6.78. The van der Waals surface area contributed by atoms with Gasteiger partial charge in [-0.2, -0.15) is 4.98 Å². The molecule has 1 amide bonds. The Hall–Kier alpha value is -1.50. The molecule has 0 spiro atoms. The monoisotopic (exact) mass is 334 g/mol. The smallest absolute Gasteiger partial charge is 0.326 e. The summed E-state index contributed by atoms with van der Waals surface area (Å²) in [6.07, 6.45) is 4.44. The van der Waals surface area contributed by atoms with Gasteiger partial charge in [0.15, 0.2) is 5.15 Å². The van der Waals surface area contributed by atoms with E-state index in [0.717, 1.165) is 0 Å². The van der Waals surface area contributed by atoms with Crippen LogP contribution in [0.25, 0.3) is 0 Å². The van der Waals surface area contributed by atoms with Crippen LogP contribution in [0.5, 0.6) is 5.88 Å². The van der Waals surface area contributed by atoms with Crippen molar-refractivity contribution in [1.82, 2.24) is 19.9 Å². The van der Waals surface area contributed by atoms with Crippen LogP contribution in [0.2, 0.25) is 15.2 Å². The lowest BCUT2D eigenvalue weighted by Crippen LogP contribution is -2.31. The largest absolute Gasteiger partial charge is 0.475 e. The van der Waals surface area contributed by atoms with Crippen molar-refractivity contribution in [3.05, 3.63) is 40.0 Å². The number of aromatic nitrogens is 3. The summed E-state index contributed by atoms with van der Waals surface area (Å²) in [4.78, 5) is 19.2. The molecule has 0 aliphatic carbocycles. The molecule has 0 radical (unpaired) electrons. The second-order valence-corrected chi connectivity index (χ2v) is 4.77. The Morgan fingerprint density at radius 3 is 2.85 bits per heavy atom. The van der Waals surface area contributed by atoms with Crippen molar-refractivity contribution in [3.63, 3.8) is 0 Å². The molecule has 6 nitrogen and oxygen atoms in total. The number of hydrogen-bond donors (Lipinski definition) is 1. The van der Waals surface area contributed by atoms with Gasteiger partial charge in [-0.3, -0.25) is 4.57 Å². The van der Waals surface area contributed by atoms with Crippen molar-refractivity contribution in [2.75, 3.05) is 13.2 Å². The van der Waals surface area contributed by atoms with Gasteiger partial charge in [0.2, 0.25) is 5.88 Å². The third-order valence-electron chi connectivity index (χ3n) is 2.21. The predicted octanol–water partition coefficient (Wildman–Crippen LogP) is 2.88. The molecule has 2 aromatic heterocycles. The number of rotatable bonds is 4. The molecule has 0 aromatic carbocycles. The first-order valence-corrected chi connectivity index (χ1v) is 6.62. The molecule has 0 bridgehead atoms. The van der Waals surface area contributed by atoms with Crippen LogP contribution < -0.4 is 10.1 Å². The van der Waals surface area contributed by atoms with E-state index < -0.39 is 0 Å². The van der Waals surface area contributed by atoms with E-state index >= 15 is 0 Å². The van der Waals surface area contributed by atoms with Crippen molar-refractivity contribution in [2.24, 2.45) is 0 Å². The molecule has 0 saturated carbocycles. The Morgan fingerprint density at radius 2 is 2.15 bits per heavy atom. The second-order valence-electron chi connectivity index (χ2n) is 3.60. The molecular formula is C11H9Cl3N4O2. The van der Waals surface area contributed by atoms with E-state index in [4.69, 9.17) is 39.5 Å². The first-order chi connectivity index (χ1) is 9.58. The summed E-state index contributed by atoms with van der Waals surface area (Å²) >= 11 is 17.4. The summed E-state index contributed by atoms with van der Waals surface area (Å²) < 4.78 is 6.62. The van der Waals surface area contributed by atoms with Gasteiger partial charge in [-0.1, -0.05) is 34.8 Å². The van der Waals surface area contributed by atoms with E-state index in [1.54, 1.807) is 0 Å². The summed E-state index contributed by atoms with van der Waals surface area (Å²) in [6.45, 7) is 0.459. The van der Waals surface area contributed by atoms with Gasteiger partial charge in [-0.25, -0.2) is 9.78 Å². The van der Waals surface area contributed by atoms with Crippen LogP contribution >= 0.6 is 34.8 Å². The van der Waals surface area contributed by atoms with E-state index in [1.165, 1.54) is 29.4 Å². The standard InChI is InChI=1S/C11H9Cl3N4O2/c12-7-5-8(13)10(17-9(7)14)20-4-2-16-11(19)18-3-1-15-6-18/h1,3,5-6H,2,4H2,(H,16,19). The number of pyridine rings is 1. The van der Waals surface area contributed by atoms with Gasteiger partial charge in [0.05, 0.1) is 11.6 Å². The molecule has 0 unspecified atom stereocenters. The van der Waals surface area contributed by atoms with Gasteiger partial charge in [0.1, 0.15) is 18.0 Å². The zero-order chi connectivity index (χ0) is 14.5. The van der Waals surface area contributed by atoms with Gasteiger partial charge >= 0.3 is 6.03 Å². The van der Waals surface area contributed by atoms with Crippen molar-refractivity contribution >= 4 is 40.8 Å². The molecule has 106 valence electrons. The summed E-state index contributed by atoms with van der Waals surface area (Å²) in [6, 6.07) is 1.14. The maximum absolute atomic E-state index is 11.6. The number of carbonyl (C=O) groups excluding carboxylic acids is 1. The van der Waals surface area contributed by atoms with E-state index in [-0.39, 0.29) is 40.3 Å². The molecular weight excluding hydrogens is 327 g/mol. The number of nitrogens with zero attached hydrogens (tertiary/aromatic N) is 3. The van der Waals surface area contributed by atoms with Crippen LogP contribution in [0.1, 0.15) is 0 Å². The number of amides is 1. The molecule has 0 aliphatic heterocycles. The Bertz CT molecular complexity index is 604. The first-order valence-electron chi connectivity index (χ1n) is 5.48. The quantitative estimate of drug-likeness (QED) is 0.689. The summed E-state index contributed by atoms with van der Waals surface area (Å²) in [5.74, 6) is 0.165. The zero-order valence-corrected chi connectivity index (χ0v) is 12.3. The van der Waals surface area contributed by atoms with E-state index in [9.17, 15) is 4.79 Å². The number of carbonyl (C=O) groups is 1. The number of imidazole rings is 1. The lowest BCUT2D eigenvalue weighted by Gasteiger charge is -2.09. The fraction of sp³-hybridized carbons (Fsp3) is 0.182. The predicted molar refractivity (Wildman–Crippen MR) is 75.8 cm³/mol. The molecule has 2 rings (SSSR count). The minimum absolute atomic E-state index is 0.105. The number of hydrogen-bond acceptors (Lipinski definition) is 4. The van der Waals surface area contributed by atoms with E-state index in [0.29, 0.717) is 0 Å². The molecule has 0 fully saturated rings. The fourth-order valence-electron chi connectivity index (χ4n) is 1.31. The molecule has 0 saturated heterocycles. The van der Waals surface area contributed by atoms with Crippen LogP contribution in [0.4, 0.5) is 4.79 Å². The average molecular weight is 336 g/mol. The molecule has 0 aliphatic rings. The van der Waals surface area contributed by atoms with Crippen molar-refractivity contribution < 1.29 is 9.53 Å². The Labute approximate surface area is 129 Å². The van der Waals surface area contributed by atoms with E-state index in [1.807, 2.05) is 0 Å². The molecule has 20 heavy (non-hydrogen) atoms. The number of ether oxygens (including phenoxy) is 1. The van der Waals surface area contributed by atoms with E-state index in [2.05, 4.69) is 15.3 Å². The Morgan fingerprint density at radius 1 is 1.35 bits per heavy atom. The van der Waals surface area contributed by atoms with Gasteiger partial charge in [-0.15, -0.1) is 0 Å². The van der Waals surface area contributed by atoms with Crippen LogP contribution in [-0.4, -0.2) is 33.7 Å².